The highest BCUT2D eigenvalue weighted by Crippen LogP contribution is 2.32. The quantitative estimate of drug-likeness (QED) is 0.423. The van der Waals surface area contributed by atoms with Gasteiger partial charge in [-0.15, -0.1) is 0 Å². The molecule has 1 aromatic carbocycles. The second-order valence-electron chi connectivity index (χ2n) is 5.82. The zero-order valence-corrected chi connectivity index (χ0v) is 16.7. The van der Waals surface area contributed by atoms with Crippen molar-refractivity contribution < 1.29 is 9.59 Å². The molecule has 1 fully saturated rings. The summed E-state index contributed by atoms with van der Waals surface area (Å²) in [7, 11) is 0. The number of benzene rings is 1. The maximum atomic E-state index is 12.5. The summed E-state index contributed by atoms with van der Waals surface area (Å²) in [6.07, 6.45) is 7.84. The van der Waals surface area contributed by atoms with Crippen LogP contribution in [0.1, 0.15) is 12.0 Å². The van der Waals surface area contributed by atoms with Gasteiger partial charge < -0.3 is 9.88 Å². The van der Waals surface area contributed by atoms with Crippen LogP contribution in [0.15, 0.2) is 47.9 Å². The van der Waals surface area contributed by atoms with Crippen LogP contribution in [0.5, 0.6) is 0 Å². The average molecular weight is 421 g/mol. The Labute approximate surface area is 171 Å². The molecule has 0 spiro atoms. The highest BCUT2D eigenvalue weighted by molar-refractivity contribution is 8.26. The number of aryl methyl sites for hydroxylation is 1. The van der Waals surface area contributed by atoms with Gasteiger partial charge in [0.15, 0.2) is 0 Å². The molecule has 2 amide bonds. The smallest absolute Gasteiger partial charge is 0.266 e. The summed E-state index contributed by atoms with van der Waals surface area (Å²) in [5, 5.41) is 3.44. The zero-order chi connectivity index (χ0) is 19.2. The van der Waals surface area contributed by atoms with Crippen LogP contribution < -0.4 is 5.32 Å². The summed E-state index contributed by atoms with van der Waals surface area (Å²) in [6, 6.07) is 7.15. The predicted octanol–water partition coefficient (Wildman–Crippen LogP) is 2.94. The van der Waals surface area contributed by atoms with Crippen molar-refractivity contribution in [1.29, 1.82) is 0 Å². The van der Waals surface area contributed by atoms with Crippen LogP contribution in [0.4, 0.5) is 0 Å². The van der Waals surface area contributed by atoms with Crippen LogP contribution in [0.25, 0.3) is 6.08 Å². The number of thioether (sulfide) groups is 1. The van der Waals surface area contributed by atoms with Crippen molar-refractivity contribution >= 4 is 57.8 Å². The van der Waals surface area contributed by atoms with Crippen LogP contribution in [-0.4, -0.2) is 43.7 Å². The van der Waals surface area contributed by atoms with Crippen LogP contribution in [0.2, 0.25) is 5.02 Å². The SMILES string of the molecule is O=C(CN1C(=O)C(=Cc2ccc(Cl)cc2)SC1=S)NCCCn1ccnc1. The Hall–Kier alpha value is -2.16. The lowest BCUT2D eigenvalue weighted by Gasteiger charge is -2.14. The number of nitrogens with one attached hydrogen (secondary N) is 1. The number of hydrogen-bond acceptors (Lipinski definition) is 5. The van der Waals surface area contributed by atoms with Gasteiger partial charge in [-0.3, -0.25) is 14.5 Å². The lowest BCUT2D eigenvalue weighted by Crippen LogP contribution is -2.39. The van der Waals surface area contributed by atoms with Gasteiger partial charge in [-0.25, -0.2) is 4.98 Å². The summed E-state index contributed by atoms with van der Waals surface area (Å²) in [4.78, 5) is 30.5. The van der Waals surface area contributed by atoms with E-state index < -0.39 is 0 Å². The number of nitrogens with zero attached hydrogens (tertiary/aromatic N) is 3. The molecule has 1 N–H and O–H groups in total. The number of halogens is 1. The van der Waals surface area contributed by atoms with Gasteiger partial charge in [0.25, 0.3) is 5.91 Å². The molecule has 3 rings (SSSR count). The number of carbonyl (C=O) groups is 2. The van der Waals surface area contributed by atoms with Gasteiger partial charge in [-0.2, -0.15) is 0 Å². The van der Waals surface area contributed by atoms with Gasteiger partial charge in [0.05, 0.1) is 11.2 Å². The van der Waals surface area contributed by atoms with E-state index >= 15 is 0 Å². The summed E-state index contributed by atoms with van der Waals surface area (Å²) >= 11 is 12.3. The fourth-order valence-electron chi connectivity index (χ4n) is 2.45. The average Bonchev–Trinajstić information content (AvgIpc) is 3.25. The maximum absolute atomic E-state index is 12.5. The number of amides is 2. The minimum atomic E-state index is -0.256. The molecular formula is C18H17ClN4O2S2. The Morgan fingerprint density at radius 2 is 2.11 bits per heavy atom. The Bertz CT molecular complexity index is 866. The van der Waals surface area contributed by atoms with E-state index in [9.17, 15) is 9.59 Å². The molecule has 1 aromatic heterocycles. The van der Waals surface area contributed by atoms with Gasteiger partial charge >= 0.3 is 0 Å². The minimum absolute atomic E-state index is 0.0757. The number of rotatable bonds is 7. The third-order valence-electron chi connectivity index (χ3n) is 3.82. The molecule has 0 atom stereocenters. The third-order valence-corrected chi connectivity index (χ3v) is 5.45. The molecular weight excluding hydrogens is 404 g/mol. The standard InChI is InChI=1S/C18H17ClN4O2S2/c19-14-4-2-13(3-5-14)10-15-17(25)23(18(26)27-15)11-16(24)21-6-1-8-22-9-7-20-12-22/h2-5,7,9-10,12H,1,6,8,11H2,(H,21,24). The van der Waals surface area contributed by atoms with Crippen molar-refractivity contribution in [2.24, 2.45) is 0 Å². The molecule has 1 aliphatic heterocycles. The first-order valence-corrected chi connectivity index (χ1v) is 9.86. The highest BCUT2D eigenvalue weighted by Gasteiger charge is 2.33. The van der Waals surface area contributed by atoms with Crippen LogP contribution in [0.3, 0.4) is 0 Å². The van der Waals surface area contributed by atoms with E-state index in [2.05, 4.69) is 10.3 Å². The third kappa shape index (κ3) is 5.41. The Morgan fingerprint density at radius 1 is 1.33 bits per heavy atom. The fraction of sp³-hybridized carbons (Fsp3) is 0.222. The van der Waals surface area contributed by atoms with Crippen LogP contribution in [0, 0.1) is 0 Å². The van der Waals surface area contributed by atoms with Crippen molar-refractivity contribution in [3.05, 3.63) is 58.5 Å². The Balaban J connectivity index is 1.50. The Morgan fingerprint density at radius 3 is 2.81 bits per heavy atom. The van der Waals surface area contributed by atoms with E-state index in [1.807, 2.05) is 22.9 Å². The van der Waals surface area contributed by atoms with Gasteiger partial charge in [0.1, 0.15) is 10.9 Å². The molecule has 0 aliphatic carbocycles. The second-order valence-corrected chi connectivity index (χ2v) is 7.94. The van der Waals surface area contributed by atoms with E-state index in [1.165, 1.54) is 16.7 Å². The van der Waals surface area contributed by atoms with E-state index in [0.717, 1.165) is 18.5 Å². The maximum Gasteiger partial charge on any atom is 0.266 e. The molecule has 2 heterocycles. The topological polar surface area (TPSA) is 67.2 Å². The highest BCUT2D eigenvalue weighted by atomic mass is 35.5. The van der Waals surface area contributed by atoms with Gasteiger partial charge in [-0.1, -0.05) is 47.7 Å². The molecule has 0 bridgehead atoms. The molecule has 2 aromatic rings. The first-order valence-electron chi connectivity index (χ1n) is 8.26. The molecule has 0 unspecified atom stereocenters. The zero-order valence-electron chi connectivity index (χ0n) is 14.3. The Kier molecular flexibility index (Phi) is 6.65. The van der Waals surface area contributed by atoms with Crippen LogP contribution >= 0.6 is 35.6 Å². The number of hydrogen-bond donors (Lipinski definition) is 1. The second kappa shape index (κ2) is 9.16. The number of carbonyl (C=O) groups excluding carboxylic acids is 2. The lowest BCUT2D eigenvalue weighted by molar-refractivity contribution is -0.128. The van der Waals surface area contributed by atoms with Crippen molar-refractivity contribution in [3.63, 3.8) is 0 Å². The minimum Gasteiger partial charge on any atom is -0.354 e. The molecule has 1 aliphatic rings. The molecule has 0 saturated carbocycles. The van der Waals surface area contributed by atoms with Gasteiger partial charge in [0, 0.05) is 30.5 Å². The molecule has 1 saturated heterocycles. The molecule has 0 radical (unpaired) electrons. The van der Waals surface area contributed by atoms with E-state index in [0.29, 0.717) is 20.8 Å². The van der Waals surface area contributed by atoms with E-state index in [4.69, 9.17) is 23.8 Å². The summed E-state index contributed by atoms with van der Waals surface area (Å²) < 4.78 is 2.32. The summed E-state index contributed by atoms with van der Waals surface area (Å²) in [5.74, 6) is -0.488. The number of thiocarbonyl (C=S) groups is 1. The molecule has 140 valence electrons. The van der Waals surface area contributed by atoms with Crippen molar-refractivity contribution in [2.45, 2.75) is 13.0 Å². The van der Waals surface area contributed by atoms with E-state index in [1.54, 1.807) is 30.7 Å². The lowest BCUT2D eigenvalue weighted by atomic mass is 10.2. The summed E-state index contributed by atoms with van der Waals surface area (Å²) in [5.41, 5.74) is 0.851. The molecule has 27 heavy (non-hydrogen) atoms. The predicted molar refractivity (Wildman–Crippen MR) is 111 cm³/mol. The first kappa shape index (κ1) is 19.6. The number of aromatic nitrogens is 2. The van der Waals surface area contributed by atoms with Gasteiger partial charge in [0.2, 0.25) is 5.91 Å². The van der Waals surface area contributed by atoms with E-state index in [-0.39, 0.29) is 18.4 Å². The monoisotopic (exact) mass is 420 g/mol. The number of imidazole rings is 1. The first-order chi connectivity index (χ1) is 13.0. The normalized spacial score (nSPS) is 15.6. The fourth-order valence-corrected chi connectivity index (χ4v) is 3.84. The van der Waals surface area contributed by atoms with Gasteiger partial charge in [-0.05, 0) is 30.2 Å². The van der Waals surface area contributed by atoms with Crippen molar-refractivity contribution in [3.8, 4) is 0 Å². The molecule has 9 heteroatoms. The van der Waals surface area contributed by atoms with Crippen molar-refractivity contribution in [2.75, 3.05) is 13.1 Å². The van der Waals surface area contributed by atoms with Crippen molar-refractivity contribution in [1.82, 2.24) is 19.8 Å². The summed E-state index contributed by atoms with van der Waals surface area (Å²) in [6.45, 7) is 1.21. The largest absolute Gasteiger partial charge is 0.354 e. The van der Waals surface area contributed by atoms with Crippen LogP contribution in [-0.2, 0) is 16.1 Å². The molecule has 6 nitrogen and oxygen atoms in total.